The van der Waals surface area contributed by atoms with Gasteiger partial charge < -0.3 is 10.1 Å². The number of rotatable bonds is 2. The lowest BCUT2D eigenvalue weighted by atomic mass is 10.2. The first kappa shape index (κ1) is 16.8. The molecule has 1 fully saturated rings. The zero-order valence-electron chi connectivity index (χ0n) is 11.5. The largest absolute Gasteiger partial charge is 0.379 e. The van der Waals surface area contributed by atoms with E-state index in [9.17, 15) is 25.9 Å². The fourth-order valence-corrected chi connectivity index (χ4v) is 5.51. The van der Waals surface area contributed by atoms with Crippen molar-refractivity contribution in [1.29, 1.82) is 0 Å². The molecule has 2 aliphatic heterocycles. The van der Waals surface area contributed by atoms with Gasteiger partial charge in [0, 0.05) is 13.1 Å². The molecule has 13 heteroatoms. The van der Waals surface area contributed by atoms with Crippen molar-refractivity contribution in [2.45, 2.75) is 4.99 Å². The van der Waals surface area contributed by atoms with E-state index in [1.807, 2.05) is 0 Å². The Bertz CT molecular complexity index is 854. The molecule has 1 saturated heterocycles. The number of nitrogens with one attached hydrogen (secondary N) is 1. The quantitative estimate of drug-likeness (QED) is 0.588. The van der Waals surface area contributed by atoms with Crippen molar-refractivity contribution >= 4 is 42.4 Å². The minimum absolute atomic E-state index is 0.111. The van der Waals surface area contributed by atoms with Crippen LogP contribution in [0.5, 0.6) is 0 Å². The van der Waals surface area contributed by atoms with Crippen LogP contribution in [0.2, 0.25) is 0 Å². The van der Waals surface area contributed by atoms with Crippen molar-refractivity contribution in [1.82, 2.24) is 4.90 Å². The highest BCUT2D eigenvalue weighted by atomic mass is 32.2. The van der Waals surface area contributed by atoms with Crippen LogP contribution in [-0.4, -0.2) is 62.3 Å². The molecule has 0 aliphatic carbocycles. The van der Waals surface area contributed by atoms with Crippen LogP contribution >= 0.6 is 11.3 Å². The highest BCUT2D eigenvalue weighted by Crippen LogP contribution is 2.45. The van der Waals surface area contributed by atoms with E-state index < -0.39 is 30.4 Å². The smallest absolute Gasteiger partial charge is 0.328 e. The summed E-state index contributed by atoms with van der Waals surface area (Å²) in [5.74, 6) is 0. The number of thiophene rings is 1. The van der Waals surface area contributed by atoms with Crippen LogP contribution < -0.4 is 5.32 Å². The minimum Gasteiger partial charge on any atom is -0.379 e. The number of amidine groups is 1. The number of morpholine rings is 1. The van der Waals surface area contributed by atoms with Crippen molar-refractivity contribution in [3.05, 3.63) is 16.3 Å². The molecule has 1 aromatic heterocycles. The molecule has 0 radical (unpaired) electrons. The van der Waals surface area contributed by atoms with Gasteiger partial charge in [-0.25, -0.2) is 4.99 Å². The summed E-state index contributed by atoms with van der Waals surface area (Å²) >= 11 is 0.998. The van der Waals surface area contributed by atoms with Crippen molar-refractivity contribution in [2.75, 3.05) is 31.6 Å². The summed E-state index contributed by atoms with van der Waals surface area (Å²) < 4.78 is 71.6. The van der Waals surface area contributed by atoms with E-state index in [0.717, 1.165) is 11.3 Å². The van der Waals surface area contributed by atoms with Gasteiger partial charge in [-0.3, -0.25) is 14.0 Å². The number of nitrogens with zero attached hydrogens (tertiary/aromatic N) is 2. The van der Waals surface area contributed by atoms with Crippen molar-refractivity contribution in [3.63, 3.8) is 0 Å². The van der Waals surface area contributed by atoms with Gasteiger partial charge in [0.25, 0.3) is 10.2 Å². The van der Waals surface area contributed by atoms with Gasteiger partial charge >= 0.3 is 20.2 Å². The van der Waals surface area contributed by atoms with Crippen molar-refractivity contribution < 1.29 is 30.7 Å². The number of aliphatic imine (C=N–C) groups is 1. The van der Waals surface area contributed by atoms with Crippen LogP contribution in [0.1, 0.15) is 4.88 Å². The van der Waals surface area contributed by atoms with Crippen molar-refractivity contribution in [2.24, 2.45) is 4.99 Å². The molecule has 1 atom stereocenters. The third kappa shape index (κ3) is 2.67. The molecule has 0 spiro atoms. The van der Waals surface area contributed by atoms with Crippen LogP contribution in [0, 0.1) is 0 Å². The predicted molar refractivity (Wildman–Crippen MR) is 82.5 cm³/mol. The summed E-state index contributed by atoms with van der Waals surface area (Å²) in [6, 6.07) is 1.44. The second kappa shape index (κ2) is 5.47. The first-order chi connectivity index (χ1) is 10.7. The van der Waals surface area contributed by atoms with E-state index in [-0.39, 0.29) is 36.9 Å². The Kier molecular flexibility index (Phi) is 3.99. The van der Waals surface area contributed by atoms with Gasteiger partial charge in [-0.1, -0.05) is 0 Å². The summed E-state index contributed by atoms with van der Waals surface area (Å²) in [4.78, 5) is 2.80. The molecule has 2 aliphatic rings. The molecule has 0 aromatic carbocycles. The third-order valence-electron chi connectivity index (χ3n) is 3.50. The summed E-state index contributed by atoms with van der Waals surface area (Å²) in [6.07, 6.45) is 0. The molecule has 1 unspecified atom stereocenters. The average molecular weight is 383 g/mol. The molecule has 3 heterocycles. The summed E-state index contributed by atoms with van der Waals surface area (Å²) in [5, 5.41) is 2.96. The number of hydrogen-bond donors (Lipinski definition) is 3. The Labute approximate surface area is 136 Å². The molecule has 10 nitrogen and oxygen atoms in total. The second-order valence-electron chi connectivity index (χ2n) is 4.86. The fourth-order valence-electron chi connectivity index (χ4n) is 2.53. The molecule has 3 rings (SSSR count). The number of anilines is 1. The third-order valence-corrected chi connectivity index (χ3v) is 6.60. The van der Waals surface area contributed by atoms with Gasteiger partial charge in [0.2, 0.25) is 0 Å². The van der Waals surface area contributed by atoms with Crippen LogP contribution in [-0.2, 0) is 30.0 Å². The molecule has 3 N–H and O–H groups in total. The molecule has 23 heavy (non-hydrogen) atoms. The first-order valence-corrected chi connectivity index (χ1v) is 10.1. The molecule has 1 aromatic rings. The molecule has 0 amide bonds. The Morgan fingerprint density at radius 3 is 2.48 bits per heavy atom. The van der Waals surface area contributed by atoms with E-state index in [2.05, 4.69) is 10.3 Å². The van der Waals surface area contributed by atoms with Gasteiger partial charge in [0.1, 0.15) is 0 Å². The molecular weight excluding hydrogens is 370 g/mol. The molecule has 0 bridgehead atoms. The number of hydrogen-bond acceptors (Lipinski definition) is 9. The van der Waals surface area contributed by atoms with Crippen LogP contribution in [0.4, 0.5) is 5.69 Å². The monoisotopic (exact) mass is 383 g/mol. The summed E-state index contributed by atoms with van der Waals surface area (Å²) in [5.41, 5.74) is 0.141. The summed E-state index contributed by atoms with van der Waals surface area (Å²) in [7, 11) is -9.69. The summed E-state index contributed by atoms with van der Waals surface area (Å²) in [6.45, 7) is 0.614. The minimum atomic E-state index is -4.89. The Morgan fingerprint density at radius 2 is 1.91 bits per heavy atom. The van der Waals surface area contributed by atoms with Gasteiger partial charge in [-0.15, -0.1) is 11.3 Å². The van der Waals surface area contributed by atoms with E-state index in [1.54, 1.807) is 0 Å². The maximum absolute atomic E-state index is 12.2. The molecule has 0 saturated carbocycles. The Balaban J connectivity index is 2.30. The Morgan fingerprint density at radius 1 is 1.26 bits per heavy atom. The van der Waals surface area contributed by atoms with Gasteiger partial charge in [-0.2, -0.15) is 16.8 Å². The van der Waals surface area contributed by atoms with E-state index in [1.165, 1.54) is 16.3 Å². The normalized spacial score (nSPS) is 26.3. The maximum atomic E-state index is 12.2. The van der Waals surface area contributed by atoms with Crippen LogP contribution in [0.25, 0.3) is 0 Å². The van der Waals surface area contributed by atoms with E-state index in [4.69, 9.17) is 4.74 Å². The average Bonchev–Trinajstić information content (AvgIpc) is 2.93. The van der Waals surface area contributed by atoms with E-state index in [0.29, 0.717) is 0 Å². The lowest BCUT2D eigenvalue weighted by Crippen LogP contribution is -2.56. The molecular formula is C10H13N3O7S3. The lowest BCUT2D eigenvalue weighted by molar-refractivity contribution is 0.00405. The lowest BCUT2D eigenvalue weighted by Gasteiger charge is -2.41. The zero-order chi connectivity index (χ0) is 16.9. The SMILES string of the molecule is O=S(=O)(O)C1=NC(N2CCOCC2)(S(=O)(=O)O)c2sccc2N1. The standard InChI is InChI=1S/C10H13N3O7S3/c14-22(15,16)9-11-7-1-6-21-8(7)10(12-9,23(17,18)19)13-2-4-20-5-3-13/h1,6H,2-5H2,(H,11,12)(H,14,15,16)(H,17,18,19). The van der Waals surface area contributed by atoms with Gasteiger partial charge in [-0.05, 0) is 11.4 Å². The maximum Gasteiger partial charge on any atom is 0.328 e. The van der Waals surface area contributed by atoms with E-state index >= 15 is 0 Å². The number of ether oxygens (including phenoxy) is 1. The van der Waals surface area contributed by atoms with Crippen molar-refractivity contribution in [3.8, 4) is 0 Å². The van der Waals surface area contributed by atoms with Gasteiger partial charge in [0.15, 0.2) is 0 Å². The highest BCUT2D eigenvalue weighted by molar-refractivity contribution is 8.01. The molecule has 128 valence electrons. The predicted octanol–water partition coefficient (Wildman–Crippen LogP) is -0.252. The fraction of sp³-hybridized carbons (Fsp3) is 0.500. The number of fused-ring (bicyclic) bond motifs is 1. The first-order valence-electron chi connectivity index (χ1n) is 6.38. The zero-order valence-corrected chi connectivity index (χ0v) is 14.0. The highest BCUT2D eigenvalue weighted by Gasteiger charge is 2.55. The van der Waals surface area contributed by atoms with Gasteiger partial charge in [0.05, 0.1) is 23.8 Å². The Hall–Kier alpha value is -1.09. The van der Waals surface area contributed by atoms with Crippen LogP contribution in [0.3, 0.4) is 0 Å². The topological polar surface area (TPSA) is 146 Å². The van der Waals surface area contributed by atoms with Crippen LogP contribution in [0.15, 0.2) is 16.4 Å². The second-order valence-corrected chi connectivity index (χ2v) is 8.64.